The van der Waals surface area contributed by atoms with Gasteiger partial charge in [0.2, 0.25) is 0 Å². The number of hydrogen-bond acceptors (Lipinski definition) is 2. The second kappa shape index (κ2) is 6.36. The lowest BCUT2D eigenvalue weighted by atomic mass is 10.1. The molecule has 0 fully saturated rings. The third-order valence-electron chi connectivity index (χ3n) is 4.51. The van der Waals surface area contributed by atoms with Crippen molar-refractivity contribution in [2.75, 3.05) is 0 Å². The molecule has 0 amide bonds. The van der Waals surface area contributed by atoms with Crippen molar-refractivity contribution in [3.8, 4) is 0 Å². The molecular weight excluding hydrogens is 347 g/mol. The van der Waals surface area contributed by atoms with E-state index >= 15 is 0 Å². The summed E-state index contributed by atoms with van der Waals surface area (Å²) in [4.78, 5) is 22.9. The second-order valence-corrected chi connectivity index (χ2v) is 8.21. The quantitative estimate of drug-likeness (QED) is 0.530. The average molecular weight is 366 g/mol. The maximum Gasteiger partial charge on any atom is 0.329 e. The molecule has 4 rings (SSSR count). The van der Waals surface area contributed by atoms with Crippen molar-refractivity contribution in [1.82, 2.24) is 9.55 Å². The van der Waals surface area contributed by atoms with E-state index in [9.17, 15) is 4.57 Å². The molecular formula is C20H19N2O3P. The lowest BCUT2D eigenvalue weighted by Gasteiger charge is -2.09. The molecule has 2 aromatic heterocycles. The number of pyridine rings is 1. The molecule has 26 heavy (non-hydrogen) atoms. The first-order chi connectivity index (χ1) is 12.4. The number of aryl methyl sites for hydroxylation is 1. The van der Waals surface area contributed by atoms with E-state index in [1.54, 1.807) is 12.1 Å². The summed E-state index contributed by atoms with van der Waals surface area (Å²) in [6, 6.07) is 19.7. The van der Waals surface area contributed by atoms with Crippen LogP contribution in [0.3, 0.4) is 0 Å². The van der Waals surface area contributed by atoms with Crippen LogP contribution in [0.15, 0.2) is 60.7 Å². The SMILES string of the molecule is Cc1ccc2c(n1)c1ccccc1n2Cc1ccc(CP(=O)(O)O)cc1. The first kappa shape index (κ1) is 17.0. The molecule has 0 aliphatic carbocycles. The molecule has 0 unspecified atom stereocenters. The van der Waals surface area contributed by atoms with E-state index in [-0.39, 0.29) is 6.16 Å². The van der Waals surface area contributed by atoms with Crippen LogP contribution in [0.5, 0.6) is 0 Å². The van der Waals surface area contributed by atoms with Crippen LogP contribution >= 0.6 is 7.60 Å². The monoisotopic (exact) mass is 366 g/mol. The Bertz CT molecular complexity index is 1140. The molecule has 0 aliphatic rings. The Balaban J connectivity index is 1.76. The maximum atomic E-state index is 11.1. The van der Waals surface area contributed by atoms with E-state index in [0.29, 0.717) is 12.1 Å². The van der Waals surface area contributed by atoms with Crippen LogP contribution < -0.4 is 0 Å². The van der Waals surface area contributed by atoms with Gasteiger partial charge in [-0.3, -0.25) is 9.55 Å². The van der Waals surface area contributed by atoms with Crippen molar-refractivity contribution in [3.63, 3.8) is 0 Å². The number of para-hydroxylation sites is 1. The molecule has 4 aromatic rings. The molecule has 0 saturated heterocycles. The fourth-order valence-corrected chi connectivity index (χ4v) is 4.03. The highest BCUT2D eigenvalue weighted by Gasteiger charge is 2.14. The number of aromatic nitrogens is 2. The van der Waals surface area contributed by atoms with Gasteiger partial charge >= 0.3 is 7.60 Å². The van der Waals surface area contributed by atoms with E-state index < -0.39 is 7.60 Å². The molecule has 0 saturated carbocycles. The Morgan fingerprint density at radius 1 is 0.923 bits per heavy atom. The number of nitrogens with zero attached hydrogens (tertiary/aromatic N) is 2. The van der Waals surface area contributed by atoms with Gasteiger partial charge in [0.25, 0.3) is 0 Å². The lowest BCUT2D eigenvalue weighted by Crippen LogP contribution is -2.00. The molecule has 2 aromatic carbocycles. The van der Waals surface area contributed by atoms with E-state index in [1.807, 2.05) is 37.3 Å². The number of hydrogen-bond donors (Lipinski definition) is 2. The van der Waals surface area contributed by atoms with Crippen molar-refractivity contribution in [2.45, 2.75) is 19.6 Å². The first-order valence-corrected chi connectivity index (χ1v) is 10.2. The van der Waals surface area contributed by atoms with Crippen molar-refractivity contribution < 1.29 is 14.4 Å². The van der Waals surface area contributed by atoms with Crippen LogP contribution in [-0.4, -0.2) is 19.3 Å². The predicted octanol–water partition coefficient (Wildman–Crippen LogP) is 4.22. The molecule has 0 spiro atoms. The largest absolute Gasteiger partial charge is 0.335 e. The molecule has 6 heteroatoms. The summed E-state index contributed by atoms with van der Waals surface area (Å²) >= 11 is 0. The summed E-state index contributed by atoms with van der Waals surface area (Å²) in [6.45, 7) is 2.66. The summed E-state index contributed by atoms with van der Waals surface area (Å²) < 4.78 is 13.4. The summed E-state index contributed by atoms with van der Waals surface area (Å²) in [5.74, 6) is 0. The van der Waals surface area contributed by atoms with Crippen LogP contribution in [0.1, 0.15) is 16.8 Å². The van der Waals surface area contributed by atoms with Crippen molar-refractivity contribution >= 4 is 29.5 Å². The van der Waals surface area contributed by atoms with Gasteiger partial charge in [-0.25, -0.2) is 0 Å². The van der Waals surface area contributed by atoms with Gasteiger partial charge in [0.15, 0.2) is 0 Å². The van der Waals surface area contributed by atoms with Crippen LogP contribution in [0, 0.1) is 6.92 Å². The topological polar surface area (TPSA) is 75.4 Å². The molecule has 0 bridgehead atoms. The van der Waals surface area contributed by atoms with E-state index in [4.69, 9.17) is 14.8 Å². The Kier molecular flexibility index (Phi) is 4.16. The van der Waals surface area contributed by atoms with E-state index in [2.05, 4.69) is 22.8 Å². The fraction of sp³-hybridized carbons (Fsp3) is 0.150. The third-order valence-corrected chi connectivity index (χ3v) is 5.28. The molecule has 0 aliphatic heterocycles. The Labute approximate surface area is 151 Å². The zero-order valence-electron chi connectivity index (χ0n) is 14.3. The summed E-state index contributed by atoms with van der Waals surface area (Å²) in [5, 5.41) is 1.13. The molecule has 2 heterocycles. The van der Waals surface area contributed by atoms with Gasteiger partial charge in [0, 0.05) is 17.6 Å². The molecule has 0 atom stereocenters. The zero-order chi connectivity index (χ0) is 18.3. The number of benzene rings is 2. The Morgan fingerprint density at radius 2 is 1.62 bits per heavy atom. The van der Waals surface area contributed by atoms with Crippen LogP contribution in [-0.2, 0) is 17.3 Å². The van der Waals surface area contributed by atoms with Crippen LogP contribution in [0.25, 0.3) is 21.9 Å². The maximum absolute atomic E-state index is 11.1. The summed E-state index contributed by atoms with van der Waals surface area (Å²) in [6.07, 6.45) is -0.230. The van der Waals surface area contributed by atoms with E-state index in [0.717, 1.165) is 33.2 Å². The van der Waals surface area contributed by atoms with Gasteiger partial charge in [0.1, 0.15) is 0 Å². The molecule has 132 valence electrons. The highest BCUT2D eigenvalue weighted by atomic mass is 31.2. The fourth-order valence-electron chi connectivity index (χ4n) is 3.35. The van der Waals surface area contributed by atoms with Gasteiger partial charge in [-0.2, -0.15) is 0 Å². The normalized spacial score (nSPS) is 12.1. The molecule has 2 N–H and O–H groups in total. The van der Waals surface area contributed by atoms with Crippen LogP contribution in [0.4, 0.5) is 0 Å². The second-order valence-electron chi connectivity index (χ2n) is 6.56. The molecule has 5 nitrogen and oxygen atoms in total. The van der Waals surface area contributed by atoms with E-state index in [1.165, 1.54) is 0 Å². The Hall–Kier alpha value is -2.46. The van der Waals surface area contributed by atoms with Gasteiger partial charge in [-0.05, 0) is 36.2 Å². The standard InChI is InChI=1S/C20H19N2O3P/c1-14-6-11-19-20(21-14)17-4-2-3-5-18(17)22(19)12-15-7-9-16(10-8-15)13-26(23,24)25/h2-11H,12-13H2,1H3,(H2,23,24,25). The van der Waals surface area contributed by atoms with Gasteiger partial charge in [-0.1, -0.05) is 42.5 Å². The zero-order valence-corrected chi connectivity index (χ0v) is 15.2. The summed E-state index contributed by atoms with van der Waals surface area (Å²) in [5.41, 5.74) is 5.90. The lowest BCUT2D eigenvalue weighted by molar-refractivity contribution is 0.371. The number of rotatable bonds is 4. The van der Waals surface area contributed by atoms with Gasteiger partial charge in [0.05, 0.1) is 22.7 Å². The third kappa shape index (κ3) is 3.29. The predicted molar refractivity (Wildman–Crippen MR) is 103 cm³/mol. The molecule has 0 radical (unpaired) electrons. The minimum Gasteiger partial charge on any atom is -0.335 e. The minimum absolute atomic E-state index is 0.230. The first-order valence-electron chi connectivity index (χ1n) is 8.38. The Morgan fingerprint density at radius 3 is 2.35 bits per heavy atom. The highest BCUT2D eigenvalue weighted by molar-refractivity contribution is 7.50. The smallest absolute Gasteiger partial charge is 0.329 e. The van der Waals surface area contributed by atoms with Gasteiger partial charge in [-0.15, -0.1) is 0 Å². The number of fused-ring (bicyclic) bond motifs is 3. The van der Waals surface area contributed by atoms with Crippen molar-refractivity contribution in [2.24, 2.45) is 0 Å². The van der Waals surface area contributed by atoms with Crippen molar-refractivity contribution in [3.05, 3.63) is 77.5 Å². The van der Waals surface area contributed by atoms with Gasteiger partial charge < -0.3 is 14.4 Å². The van der Waals surface area contributed by atoms with Crippen LogP contribution in [0.2, 0.25) is 0 Å². The van der Waals surface area contributed by atoms with Crippen molar-refractivity contribution in [1.29, 1.82) is 0 Å². The minimum atomic E-state index is -4.04. The summed E-state index contributed by atoms with van der Waals surface area (Å²) in [7, 11) is -4.04. The highest BCUT2D eigenvalue weighted by Crippen LogP contribution is 2.39. The average Bonchev–Trinajstić information content (AvgIpc) is 2.89.